The molecular formula is C23H28N4O6S. The predicted octanol–water partition coefficient (Wildman–Crippen LogP) is 2.19. The zero-order chi connectivity index (χ0) is 25.0. The summed E-state index contributed by atoms with van der Waals surface area (Å²) in [6, 6.07) is 11.2. The molecule has 1 fully saturated rings. The second-order valence-corrected chi connectivity index (χ2v) is 10.5. The topological polar surface area (TPSA) is 130 Å². The van der Waals surface area contributed by atoms with Gasteiger partial charge < -0.3 is 10.2 Å². The van der Waals surface area contributed by atoms with Crippen LogP contribution in [0.5, 0.6) is 0 Å². The smallest absolute Gasteiger partial charge is 0.270 e. The van der Waals surface area contributed by atoms with Crippen LogP contribution in [0.3, 0.4) is 0 Å². The Morgan fingerprint density at radius 1 is 1.03 bits per heavy atom. The number of piperazine rings is 1. The maximum atomic E-state index is 13.2. The molecule has 10 nitrogen and oxygen atoms in total. The molecule has 1 heterocycles. The van der Waals surface area contributed by atoms with Crippen molar-refractivity contribution in [3.8, 4) is 0 Å². The van der Waals surface area contributed by atoms with Crippen molar-refractivity contribution < 1.29 is 22.9 Å². The van der Waals surface area contributed by atoms with Crippen LogP contribution in [0.25, 0.3) is 0 Å². The molecule has 0 spiro atoms. The number of nitrogens with one attached hydrogen (secondary N) is 1. The summed E-state index contributed by atoms with van der Waals surface area (Å²) in [7, 11) is -3.94. The monoisotopic (exact) mass is 488 g/mol. The molecule has 1 N–H and O–H groups in total. The molecule has 1 saturated heterocycles. The maximum absolute atomic E-state index is 13.2. The van der Waals surface area contributed by atoms with Crippen molar-refractivity contribution in [3.63, 3.8) is 0 Å². The molecule has 0 bridgehead atoms. The minimum Gasteiger partial charge on any atom is -0.340 e. The van der Waals surface area contributed by atoms with Crippen LogP contribution >= 0.6 is 0 Å². The van der Waals surface area contributed by atoms with Crippen LogP contribution in [0, 0.1) is 23.0 Å². The number of nitrogens with zero attached hydrogens (tertiary/aromatic N) is 3. The minimum absolute atomic E-state index is 0.0490. The molecule has 0 aliphatic carbocycles. The summed E-state index contributed by atoms with van der Waals surface area (Å²) in [5.74, 6) is -0.793. The van der Waals surface area contributed by atoms with Gasteiger partial charge in [0.2, 0.25) is 15.9 Å². The molecule has 182 valence electrons. The second kappa shape index (κ2) is 10.3. The predicted molar refractivity (Wildman–Crippen MR) is 126 cm³/mol. The third kappa shape index (κ3) is 5.60. The number of benzene rings is 2. The van der Waals surface area contributed by atoms with Crippen LogP contribution in [-0.4, -0.2) is 66.6 Å². The van der Waals surface area contributed by atoms with Crippen molar-refractivity contribution in [3.05, 3.63) is 69.8 Å². The molecule has 34 heavy (non-hydrogen) atoms. The second-order valence-electron chi connectivity index (χ2n) is 8.55. The average molecular weight is 489 g/mol. The van der Waals surface area contributed by atoms with E-state index in [1.165, 1.54) is 22.5 Å². The molecule has 2 amide bonds. The number of rotatable bonds is 7. The number of non-ortho nitro benzene ring substituents is 1. The van der Waals surface area contributed by atoms with Crippen LogP contribution in [0.1, 0.15) is 29.8 Å². The number of hydrogen-bond donors (Lipinski definition) is 1. The number of sulfonamides is 1. The van der Waals surface area contributed by atoms with Crippen molar-refractivity contribution >= 4 is 27.5 Å². The van der Waals surface area contributed by atoms with Crippen molar-refractivity contribution in [2.45, 2.75) is 31.7 Å². The first-order chi connectivity index (χ1) is 16.0. The van der Waals surface area contributed by atoms with Crippen molar-refractivity contribution in [2.75, 3.05) is 26.2 Å². The Kier molecular flexibility index (Phi) is 7.68. The molecule has 0 saturated carbocycles. The normalized spacial score (nSPS) is 15.7. The standard InChI is InChI=1S/C23H28N4O6S/c1-16(2)21(24-22(28)18-7-4-6-17(3)14-18)23(29)25-10-12-26(13-11-25)34(32,33)20-9-5-8-19(15-20)27(30)31/h4-9,14-16,21H,10-13H2,1-3H3,(H,24,28)/t21-/m0/s1. The molecular weight excluding hydrogens is 460 g/mol. The highest BCUT2D eigenvalue weighted by Gasteiger charge is 2.34. The fraction of sp³-hybridized carbons (Fsp3) is 0.391. The summed E-state index contributed by atoms with van der Waals surface area (Å²) < 4.78 is 27.1. The lowest BCUT2D eigenvalue weighted by Gasteiger charge is -2.36. The molecule has 1 atom stereocenters. The summed E-state index contributed by atoms with van der Waals surface area (Å²) in [4.78, 5) is 37.6. The molecule has 0 aromatic heterocycles. The molecule has 1 aliphatic rings. The SMILES string of the molecule is Cc1cccc(C(=O)N[C@H](C(=O)N2CCN(S(=O)(=O)c3cccc([N+](=O)[O-])c3)CC2)C(C)C)c1. The van der Waals surface area contributed by atoms with Gasteiger partial charge in [-0.2, -0.15) is 4.31 Å². The van der Waals surface area contributed by atoms with Crippen LogP contribution in [-0.2, 0) is 14.8 Å². The number of nitro benzene ring substituents is 1. The molecule has 11 heteroatoms. The van der Waals surface area contributed by atoms with E-state index < -0.39 is 21.0 Å². The van der Waals surface area contributed by atoms with Crippen LogP contribution in [0.15, 0.2) is 53.4 Å². The maximum Gasteiger partial charge on any atom is 0.270 e. The summed E-state index contributed by atoms with van der Waals surface area (Å²) in [6.07, 6.45) is 0. The molecule has 2 aromatic rings. The Hall–Kier alpha value is -3.31. The first kappa shape index (κ1) is 25.3. The Balaban J connectivity index is 1.68. The lowest BCUT2D eigenvalue weighted by Crippen LogP contribution is -2.57. The van der Waals surface area contributed by atoms with Crippen molar-refractivity contribution in [1.29, 1.82) is 0 Å². The average Bonchev–Trinajstić information content (AvgIpc) is 2.82. The Labute approximate surface area is 198 Å². The highest BCUT2D eigenvalue weighted by atomic mass is 32.2. The summed E-state index contributed by atoms with van der Waals surface area (Å²) in [5.41, 5.74) is 1.09. The van der Waals surface area contributed by atoms with E-state index in [1.54, 1.807) is 23.1 Å². The van der Waals surface area contributed by atoms with E-state index in [4.69, 9.17) is 0 Å². The summed E-state index contributed by atoms with van der Waals surface area (Å²) >= 11 is 0. The first-order valence-electron chi connectivity index (χ1n) is 10.9. The molecule has 0 unspecified atom stereocenters. The van der Waals surface area contributed by atoms with Gasteiger partial charge in [0, 0.05) is 43.9 Å². The zero-order valence-electron chi connectivity index (χ0n) is 19.3. The van der Waals surface area contributed by atoms with E-state index in [0.717, 1.165) is 11.6 Å². The fourth-order valence-corrected chi connectivity index (χ4v) is 5.24. The van der Waals surface area contributed by atoms with E-state index in [2.05, 4.69) is 5.32 Å². The largest absolute Gasteiger partial charge is 0.340 e. The van der Waals surface area contributed by atoms with Gasteiger partial charge in [-0.3, -0.25) is 19.7 Å². The number of aryl methyl sites for hydroxylation is 1. The van der Waals surface area contributed by atoms with Gasteiger partial charge in [-0.1, -0.05) is 37.6 Å². The Bertz CT molecular complexity index is 1190. The minimum atomic E-state index is -3.94. The number of carbonyl (C=O) groups is 2. The van der Waals surface area contributed by atoms with Gasteiger partial charge in [-0.15, -0.1) is 0 Å². The Morgan fingerprint density at radius 3 is 2.26 bits per heavy atom. The lowest BCUT2D eigenvalue weighted by atomic mass is 10.0. The van der Waals surface area contributed by atoms with Crippen LogP contribution in [0.4, 0.5) is 5.69 Å². The molecule has 0 radical (unpaired) electrons. The Morgan fingerprint density at radius 2 is 1.68 bits per heavy atom. The zero-order valence-corrected chi connectivity index (χ0v) is 20.1. The van der Waals surface area contributed by atoms with Gasteiger partial charge in [-0.05, 0) is 31.0 Å². The van der Waals surface area contributed by atoms with Gasteiger partial charge in [0.05, 0.1) is 9.82 Å². The fourth-order valence-electron chi connectivity index (χ4n) is 3.78. The van der Waals surface area contributed by atoms with Gasteiger partial charge >= 0.3 is 0 Å². The van der Waals surface area contributed by atoms with Crippen LogP contribution in [0.2, 0.25) is 0 Å². The third-order valence-electron chi connectivity index (χ3n) is 5.72. The lowest BCUT2D eigenvalue weighted by molar-refractivity contribution is -0.385. The number of amides is 2. The quantitative estimate of drug-likeness (QED) is 0.470. The van der Waals surface area contributed by atoms with E-state index in [0.29, 0.717) is 5.56 Å². The van der Waals surface area contributed by atoms with Gasteiger partial charge in [-0.25, -0.2) is 8.42 Å². The molecule has 2 aromatic carbocycles. The van der Waals surface area contributed by atoms with E-state index >= 15 is 0 Å². The third-order valence-corrected chi connectivity index (χ3v) is 7.61. The number of hydrogen-bond acceptors (Lipinski definition) is 6. The number of nitro groups is 1. The highest BCUT2D eigenvalue weighted by molar-refractivity contribution is 7.89. The highest BCUT2D eigenvalue weighted by Crippen LogP contribution is 2.22. The molecule has 1 aliphatic heterocycles. The van der Waals surface area contributed by atoms with Crippen LogP contribution < -0.4 is 5.32 Å². The van der Waals surface area contributed by atoms with Crippen molar-refractivity contribution in [2.24, 2.45) is 5.92 Å². The first-order valence-corrected chi connectivity index (χ1v) is 12.4. The van der Waals surface area contributed by atoms with Gasteiger partial charge in [0.25, 0.3) is 11.6 Å². The molecule has 3 rings (SSSR count). The van der Waals surface area contributed by atoms with E-state index in [-0.39, 0.29) is 54.5 Å². The number of carbonyl (C=O) groups excluding carboxylic acids is 2. The summed E-state index contributed by atoms with van der Waals surface area (Å²) in [6.45, 7) is 5.95. The summed E-state index contributed by atoms with van der Waals surface area (Å²) in [5, 5.41) is 13.8. The van der Waals surface area contributed by atoms with E-state index in [9.17, 15) is 28.1 Å². The van der Waals surface area contributed by atoms with Gasteiger partial charge in [0.15, 0.2) is 0 Å². The van der Waals surface area contributed by atoms with Crippen molar-refractivity contribution in [1.82, 2.24) is 14.5 Å². The van der Waals surface area contributed by atoms with Gasteiger partial charge in [0.1, 0.15) is 6.04 Å². The van der Waals surface area contributed by atoms with E-state index in [1.807, 2.05) is 26.8 Å².